The van der Waals surface area contributed by atoms with Gasteiger partial charge in [-0.2, -0.15) is 0 Å². The van der Waals surface area contributed by atoms with Crippen LogP contribution in [0.4, 0.5) is 0 Å². The molecule has 0 saturated heterocycles. The Morgan fingerprint density at radius 3 is 2.67 bits per heavy atom. The van der Waals surface area contributed by atoms with E-state index in [9.17, 15) is 4.79 Å². The second kappa shape index (κ2) is 4.79. The fourth-order valence-corrected chi connectivity index (χ4v) is 2.60. The Kier molecular flexibility index (Phi) is 3.41. The van der Waals surface area contributed by atoms with Gasteiger partial charge in [0.15, 0.2) is 4.77 Å². The Bertz CT molecular complexity index is 383. The van der Waals surface area contributed by atoms with Gasteiger partial charge in [0, 0.05) is 6.54 Å². The smallest absolute Gasteiger partial charge is 0.272 e. The van der Waals surface area contributed by atoms with Crippen LogP contribution < -0.4 is 5.69 Å². The van der Waals surface area contributed by atoms with Crippen LogP contribution in [0.15, 0.2) is 4.79 Å². The van der Waals surface area contributed by atoms with E-state index in [1.807, 2.05) is 0 Å². The molecular weight excluding hydrogens is 210 g/mol. The summed E-state index contributed by atoms with van der Waals surface area (Å²) in [6.45, 7) is 0.744. The SMILES string of the molecule is O=c1[nH][nH]c(=S)n1CCCC1CCCC1. The molecule has 1 aliphatic carbocycles. The summed E-state index contributed by atoms with van der Waals surface area (Å²) >= 11 is 5.00. The van der Waals surface area contributed by atoms with E-state index in [1.165, 1.54) is 32.1 Å². The monoisotopic (exact) mass is 227 g/mol. The van der Waals surface area contributed by atoms with Crippen molar-refractivity contribution in [3.05, 3.63) is 15.3 Å². The van der Waals surface area contributed by atoms with Crippen LogP contribution in [-0.2, 0) is 6.54 Å². The molecule has 1 heterocycles. The molecule has 1 aliphatic rings. The fraction of sp³-hybridized carbons (Fsp3) is 0.800. The molecule has 0 amide bonds. The van der Waals surface area contributed by atoms with Crippen molar-refractivity contribution in [3.63, 3.8) is 0 Å². The van der Waals surface area contributed by atoms with Crippen molar-refractivity contribution in [2.75, 3.05) is 0 Å². The topological polar surface area (TPSA) is 53.6 Å². The highest BCUT2D eigenvalue weighted by Crippen LogP contribution is 2.28. The summed E-state index contributed by atoms with van der Waals surface area (Å²) in [4.78, 5) is 11.3. The molecule has 0 radical (unpaired) electrons. The predicted molar refractivity (Wildman–Crippen MR) is 61.4 cm³/mol. The molecular formula is C10H17N3OS. The summed E-state index contributed by atoms with van der Waals surface area (Å²) in [5.41, 5.74) is -0.119. The van der Waals surface area contributed by atoms with Gasteiger partial charge in [0.1, 0.15) is 0 Å². The zero-order valence-corrected chi connectivity index (χ0v) is 9.61. The molecule has 2 rings (SSSR count). The third-order valence-corrected chi connectivity index (χ3v) is 3.56. The van der Waals surface area contributed by atoms with Crippen LogP contribution in [0, 0.1) is 10.7 Å². The molecule has 0 spiro atoms. The van der Waals surface area contributed by atoms with Gasteiger partial charge in [0.05, 0.1) is 0 Å². The Morgan fingerprint density at radius 1 is 1.33 bits per heavy atom. The Morgan fingerprint density at radius 2 is 2.07 bits per heavy atom. The Balaban J connectivity index is 1.83. The van der Waals surface area contributed by atoms with E-state index >= 15 is 0 Å². The van der Waals surface area contributed by atoms with Crippen molar-refractivity contribution in [1.29, 1.82) is 0 Å². The van der Waals surface area contributed by atoms with Crippen molar-refractivity contribution in [3.8, 4) is 0 Å². The van der Waals surface area contributed by atoms with E-state index in [4.69, 9.17) is 12.2 Å². The van der Waals surface area contributed by atoms with Crippen LogP contribution in [-0.4, -0.2) is 14.8 Å². The summed E-state index contributed by atoms with van der Waals surface area (Å²) < 4.78 is 2.11. The van der Waals surface area contributed by atoms with Crippen LogP contribution in [0.1, 0.15) is 38.5 Å². The molecule has 2 N–H and O–H groups in total. The first-order valence-electron chi connectivity index (χ1n) is 5.65. The molecule has 0 atom stereocenters. The quantitative estimate of drug-likeness (QED) is 0.775. The van der Waals surface area contributed by atoms with Crippen molar-refractivity contribution >= 4 is 12.2 Å². The lowest BCUT2D eigenvalue weighted by Gasteiger charge is -2.07. The minimum absolute atomic E-state index is 0.119. The molecule has 0 unspecified atom stereocenters. The van der Waals surface area contributed by atoms with E-state index in [2.05, 4.69) is 10.2 Å². The molecule has 0 bridgehead atoms. The first kappa shape index (κ1) is 10.7. The number of aromatic amines is 2. The van der Waals surface area contributed by atoms with E-state index in [0.29, 0.717) is 4.77 Å². The van der Waals surface area contributed by atoms with E-state index < -0.39 is 0 Å². The fourth-order valence-electron chi connectivity index (χ4n) is 2.37. The highest BCUT2D eigenvalue weighted by Gasteiger charge is 2.14. The zero-order chi connectivity index (χ0) is 10.7. The summed E-state index contributed by atoms with van der Waals surface area (Å²) in [5, 5.41) is 5.15. The maximum absolute atomic E-state index is 11.3. The minimum Gasteiger partial charge on any atom is -0.272 e. The van der Waals surface area contributed by atoms with Crippen molar-refractivity contribution in [1.82, 2.24) is 14.8 Å². The first-order valence-corrected chi connectivity index (χ1v) is 6.05. The van der Waals surface area contributed by atoms with Gasteiger partial charge in [0.2, 0.25) is 0 Å². The maximum Gasteiger partial charge on any atom is 0.342 e. The summed E-state index contributed by atoms with van der Waals surface area (Å²) in [6, 6.07) is 0. The van der Waals surface area contributed by atoms with E-state index in [-0.39, 0.29) is 5.69 Å². The van der Waals surface area contributed by atoms with Gasteiger partial charge in [-0.1, -0.05) is 25.7 Å². The molecule has 4 nitrogen and oxygen atoms in total. The lowest BCUT2D eigenvalue weighted by molar-refractivity contribution is 0.454. The van der Waals surface area contributed by atoms with Crippen LogP contribution in [0.2, 0.25) is 0 Å². The van der Waals surface area contributed by atoms with Gasteiger partial charge in [0.25, 0.3) is 0 Å². The van der Waals surface area contributed by atoms with Crippen LogP contribution >= 0.6 is 12.2 Å². The van der Waals surface area contributed by atoms with Crippen molar-refractivity contribution < 1.29 is 0 Å². The third-order valence-electron chi connectivity index (χ3n) is 3.24. The predicted octanol–water partition coefficient (Wildman–Crippen LogP) is 2.20. The average Bonchev–Trinajstić information content (AvgIpc) is 2.82. The molecule has 1 aromatic heterocycles. The van der Waals surface area contributed by atoms with Gasteiger partial charge >= 0.3 is 5.69 Å². The molecule has 0 aliphatic heterocycles. The number of nitrogens with zero attached hydrogens (tertiary/aromatic N) is 1. The standard InChI is InChI=1S/C10H17N3OS/c14-9-11-12-10(15)13(9)7-3-6-8-4-1-2-5-8/h8H,1-7H2,(H,11,14)(H,12,15). The average molecular weight is 227 g/mol. The third kappa shape index (κ3) is 2.59. The van der Waals surface area contributed by atoms with Crippen LogP contribution in [0.3, 0.4) is 0 Å². The van der Waals surface area contributed by atoms with Gasteiger partial charge in [-0.3, -0.25) is 9.67 Å². The number of hydrogen-bond donors (Lipinski definition) is 2. The van der Waals surface area contributed by atoms with Crippen molar-refractivity contribution in [2.45, 2.75) is 45.1 Å². The van der Waals surface area contributed by atoms with Crippen LogP contribution in [0.25, 0.3) is 0 Å². The molecule has 84 valence electrons. The second-order valence-corrected chi connectivity index (χ2v) is 4.69. The lowest BCUT2D eigenvalue weighted by atomic mass is 10.0. The van der Waals surface area contributed by atoms with Gasteiger partial charge in [-0.05, 0) is 31.0 Å². The van der Waals surface area contributed by atoms with Crippen LogP contribution in [0.5, 0.6) is 0 Å². The molecule has 15 heavy (non-hydrogen) atoms. The lowest BCUT2D eigenvalue weighted by Crippen LogP contribution is -2.17. The number of nitrogens with one attached hydrogen (secondary N) is 2. The number of hydrogen-bond acceptors (Lipinski definition) is 2. The van der Waals surface area contributed by atoms with Crippen molar-refractivity contribution in [2.24, 2.45) is 5.92 Å². The summed E-state index contributed by atoms with van der Waals surface area (Å²) in [5.74, 6) is 0.886. The minimum atomic E-state index is -0.119. The largest absolute Gasteiger partial charge is 0.342 e. The molecule has 0 aromatic carbocycles. The Hall–Kier alpha value is -0.840. The zero-order valence-electron chi connectivity index (χ0n) is 8.79. The number of H-pyrrole nitrogens is 2. The number of rotatable bonds is 4. The normalized spacial score (nSPS) is 17.3. The second-order valence-electron chi connectivity index (χ2n) is 4.30. The summed E-state index contributed by atoms with van der Waals surface area (Å²) in [7, 11) is 0. The van der Waals surface area contributed by atoms with Gasteiger partial charge in [-0.15, -0.1) is 0 Å². The van der Waals surface area contributed by atoms with Gasteiger partial charge in [-0.25, -0.2) is 9.89 Å². The highest BCUT2D eigenvalue weighted by atomic mass is 32.1. The molecule has 1 saturated carbocycles. The van der Waals surface area contributed by atoms with E-state index in [1.54, 1.807) is 4.57 Å². The van der Waals surface area contributed by atoms with Gasteiger partial charge < -0.3 is 0 Å². The maximum atomic E-state index is 11.3. The first-order chi connectivity index (χ1) is 7.27. The highest BCUT2D eigenvalue weighted by molar-refractivity contribution is 7.71. The molecule has 5 heteroatoms. The molecule has 1 aromatic rings. The summed E-state index contributed by atoms with van der Waals surface area (Å²) in [6.07, 6.45) is 7.79. The molecule has 1 fully saturated rings. The Labute approximate surface area is 93.7 Å². The number of aromatic nitrogens is 3. The van der Waals surface area contributed by atoms with E-state index in [0.717, 1.165) is 18.9 Å².